The number of urea groups is 1. The van der Waals surface area contributed by atoms with Gasteiger partial charge < -0.3 is 10.3 Å². The third kappa shape index (κ3) is 4.25. The van der Waals surface area contributed by atoms with Crippen molar-refractivity contribution in [2.24, 2.45) is 0 Å². The second-order valence-electron chi connectivity index (χ2n) is 11.2. The minimum absolute atomic E-state index is 0.219. The Bertz CT molecular complexity index is 1840. The smallest absolute Gasteiger partial charge is 0.332 e. The molecule has 208 valence electrons. The molecule has 0 saturated carbocycles. The number of nitrogens with zero attached hydrogens (tertiary/aromatic N) is 2. The lowest BCUT2D eigenvalue weighted by Crippen LogP contribution is -2.44. The number of hydrogen-bond acceptors (Lipinski definition) is 3. The van der Waals surface area contributed by atoms with Crippen molar-refractivity contribution in [3.05, 3.63) is 136 Å². The Morgan fingerprint density at radius 2 is 1.52 bits per heavy atom. The predicted molar refractivity (Wildman–Crippen MR) is 162 cm³/mol. The number of carbonyl (C=O) groups is 3. The third-order valence-corrected chi connectivity index (χ3v) is 8.40. The van der Waals surface area contributed by atoms with Crippen molar-refractivity contribution in [3.8, 4) is 0 Å². The first-order chi connectivity index (χ1) is 20.4. The van der Waals surface area contributed by atoms with Crippen molar-refractivity contribution in [2.75, 3.05) is 4.90 Å². The number of carbonyl (C=O) groups excluding carboxylic acids is 3. The van der Waals surface area contributed by atoms with Gasteiger partial charge in [0, 0.05) is 35.1 Å². The van der Waals surface area contributed by atoms with Crippen molar-refractivity contribution < 1.29 is 14.4 Å². The van der Waals surface area contributed by atoms with Gasteiger partial charge in [-0.05, 0) is 60.9 Å². The molecule has 0 aliphatic carbocycles. The van der Waals surface area contributed by atoms with Crippen LogP contribution in [0, 0.1) is 13.8 Å². The second-order valence-corrected chi connectivity index (χ2v) is 11.2. The standard InChI is InChI=1S/C35H30N4O3/c1-21-7-11-23(12-8-21)20-36-33(40)25-15-17-26(18-16-25)38-34(41)30-19-28-27-5-3-4-6-29(27)37-31(28)32(39(30)35(38)42)24-13-9-22(2)10-14-24/h3-18,30,32,37H,19-20H2,1-2H3,(H,36,40)/t30-,32?/m0/s1. The van der Waals surface area contributed by atoms with Gasteiger partial charge in [0.05, 0.1) is 5.69 Å². The summed E-state index contributed by atoms with van der Waals surface area (Å²) < 4.78 is 0. The molecule has 2 aliphatic heterocycles. The molecular formula is C35H30N4O3. The van der Waals surface area contributed by atoms with Crippen molar-refractivity contribution in [1.29, 1.82) is 0 Å². The van der Waals surface area contributed by atoms with E-state index in [2.05, 4.69) is 16.4 Å². The number of aromatic nitrogens is 1. The number of para-hydroxylation sites is 1. The average Bonchev–Trinajstić information content (AvgIpc) is 3.50. The van der Waals surface area contributed by atoms with Crippen LogP contribution in [0.3, 0.4) is 0 Å². The number of imide groups is 1. The normalized spacial score (nSPS) is 17.9. The molecule has 1 unspecified atom stereocenters. The lowest BCUT2D eigenvalue weighted by atomic mass is 9.88. The number of H-pyrrole nitrogens is 1. The highest BCUT2D eigenvalue weighted by Crippen LogP contribution is 2.44. The number of nitrogens with one attached hydrogen (secondary N) is 2. The highest BCUT2D eigenvalue weighted by atomic mass is 16.2. The van der Waals surface area contributed by atoms with Gasteiger partial charge in [0.1, 0.15) is 12.1 Å². The zero-order valence-electron chi connectivity index (χ0n) is 23.4. The van der Waals surface area contributed by atoms with E-state index in [0.29, 0.717) is 24.2 Å². The lowest BCUT2D eigenvalue weighted by molar-refractivity contribution is -0.120. The maximum absolute atomic E-state index is 14.1. The fraction of sp³-hybridized carbons (Fsp3) is 0.171. The minimum Gasteiger partial charge on any atom is -0.356 e. The summed E-state index contributed by atoms with van der Waals surface area (Å²) in [5.74, 6) is -0.479. The van der Waals surface area contributed by atoms with E-state index < -0.39 is 12.1 Å². The highest BCUT2D eigenvalue weighted by Gasteiger charge is 2.53. The predicted octanol–water partition coefficient (Wildman–Crippen LogP) is 6.20. The van der Waals surface area contributed by atoms with E-state index in [1.165, 1.54) is 4.90 Å². The molecule has 7 heteroatoms. The van der Waals surface area contributed by atoms with Crippen LogP contribution < -0.4 is 10.2 Å². The van der Waals surface area contributed by atoms with Gasteiger partial charge in [-0.2, -0.15) is 0 Å². The fourth-order valence-corrected chi connectivity index (χ4v) is 6.16. The molecule has 0 spiro atoms. The highest BCUT2D eigenvalue weighted by molar-refractivity contribution is 6.22. The molecule has 42 heavy (non-hydrogen) atoms. The molecule has 7 rings (SSSR count). The van der Waals surface area contributed by atoms with E-state index in [9.17, 15) is 14.4 Å². The minimum atomic E-state index is -0.631. The molecule has 1 fully saturated rings. The summed E-state index contributed by atoms with van der Waals surface area (Å²) in [7, 11) is 0. The molecule has 4 amide bonds. The van der Waals surface area contributed by atoms with Crippen LogP contribution in [-0.2, 0) is 17.8 Å². The first kappa shape index (κ1) is 25.8. The summed E-state index contributed by atoms with van der Waals surface area (Å²) in [5.41, 5.74) is 8.16. The van der Waals surface area contributed by atoms with Crippen LogP contribution in [0.5, 0.6) is 0 Å². The van der Waals surface area contributed by atoms with E-state index in [-0.39, 0.29) is 17.8 Å². The van der Waals surface area contributed by atoms with Gasteiger partial charge in [-0.1, -0.05) is 77.9 Å². The van der Waals surface area contributed by atoms with Crippen molar-refractivity contribution >= 4 is 34.4 Å². The maximum atomic E-state index is 14.1. The lowest BCUT2D eigenvalue weighted by Gasteiger charge is -2.36. The summed E-state index contributed by atoms with van der Waals surface area (Å²) in [6.07, 6.45) is 0.433. The molecule has 0 radical (unpaired) electrons. The van der Waals surface area contributed by atoms with Gasteiger partial charge in [0.15, 0.2) is 0 Å². The number of anilines is 1. The van der Waals surface area contributed by atoms with Gasteiger partial charge in [0.2, 0.25) is 0 Å². The number of amides is 4. The quantitative estimate of drug-likeness (QED) is 0.254. The summed E-state index contributed by atoms with van der Waals surface area (Å²) >= 11 is 0. The number of benzene rings is 4. The van der Waals surface area contributed by atoms with Crippen LogP contribution in [0.1, 0.15) is 49.9 Å². The molecule has 2 N–H and O–H groups in total. The molecule has 5 aromatic rings. The zero-order chi connectivity index (χ0) is 29.0. The van der Waals surface area contributed by atoms with Gasteiger partial charge >= 0.3 is 6.03 Å². The van der Waals surface area contributed by atoms with Crippen LogP contribution in [0.4, 0.5) is 10.5 Å². The number of fused-ring (bicyclic) bond motifs is 4. The molecular weight excluding hydrogens is 524 g/mol. The SMILES string of the molecule is Cc1ccc(CNC(=O)c2ccc(N3C(=O)[C@@H]4Cc5c([nH]c6ccccc56)C(c5ccc(C)cc5)N4C3=O)cc2)cc1. The molecule has 7 nitrogen and oxygen atoms in total. The molecule has 0 bridgehead atoms. The molecule has 1 aromatic heterocycles. The van der Waals surface area contributed by atoms with Crippen molar-refractivity contribution in [2.45, 2.75) is 38.9 Å². The van der Waals surface area contributed by atoms with Crippen LogP contribution in [0.25, 0.3) is 10.9 Å². The van der Waals surface area contributed by atoms with Crippen molar-refractivity contribution in [1.82, 2.24) is 15.2 Å². The van der Waals surface area contributed by atoms with Crippen molar-refractivity contribution in [3.63, 3.8) is 0 Å². The number of aryl methyl sites for hydroxylation is 2. The molecule has 4 aromatic carbocycles. The maximum Gasteiger partial charge on any atom is 0.332 e. The van der Waals surface area contributed by atoms with Gasteiger partial charge in [-0.3, -0.25) is 14.5 Å². The number of aromatic amines is 1. The Kier molecular flexibility index (Phi) is 6.16. The van der Waals surface area contributed by atoms with Crippen LogP contribution >= 0.6 is 0 Å². The Balaban J connectivity index is 1.19. The molecule has 1 saturated heterocycles. The summed E-state index contributed by atoms with van der Waals surface area (Å²) in [6.45, 7) is 4.46. The Labute approximate surface area is 243 Å². The van der Waals surface area contributed by atoms with E-state index in [4.69, 9.17) is 0 Å². The zero-order valence-corrected chi connectivity index (χ0v) is 23.4. The summed E-state index contributed by atoms with van der Waals surface area (Å²) in [6, 6.07) is 29.4. The summed E-state index contributed by atoms with van der Waals surface area (Å²) in [5, 5.41) is 4.01. The van der Waals surface area contributed by atoms with E-state index in [0.717, 1.165) is 44.4 Å². The number of hydrogen-bond donors (Lipinski definition) is 2. The van der Waals surface area contributed by atoms with E-state index in [1.54, 1.807) is 29.2 Å². The van der Waals surface area contributed by atoms with E-state index >= 15 is 0 Å². The summed E-state index contributed by atoms with van der Waals surface area (Å²) in [4.78, 5) is 47.3. The first-order valence-corrected chi connectivity index (χ1v) is 14.1. The molecule has 3 heterocycles. The largest absolute Gasteiger partial charge is 0.356 e. The van der Waals surface area contributed by atoms with Crippen LogP contribution in [0.2, 0.25) is 0 Å². The third-order valence-electron chi connectivity index (χ3n) is 8.40. The van der Waals surface area contributed by atoms with Gasteiger partial charge in [-0.15, -0.1) is 0 Å². The van der Waals surface area contributed by atoms with E-state index in [1.807, 2.05) is 80.6 Å². The van der Waals surface area contributed by atoms with Gasteiger partial charge in [-0.25, -0.2) is 9.69 Å². The van der Waals surface area contributed by atoms with Crippen LogP contribution in [-0.4, -0.2) is 33.8 Å². The first-order valence-electron chi connectivity index (χ1n) is 14.1. The second kappa shape index (κ2) is 10.0. The van der Waals surface area contributed by atoms with Gasteiger partial charge in [0.25, 0.3) is 11.8 Å². The number of rotatable bonds is 5. The Morgan fingerprint density at radius 1 is 0.857 bits per heavy atom. The average molecular weight is 555 g/mol. The fourth-order valence-electron chi connectivity index (χ4n) is 6.16. The van der Waals surface area contributed by atoms with Crippen LogP contribution in [0.15, 0.2) is 97.1 Å². The molecule has 2 atom stereocenters. The Hall–Kier alpha value is -5.17. The monoisotopic (exact) mass is 554 g/mol. The molecule has 2 aliphatic rings. The topological polar surface area (TPSA) is 85.5 Å². The Morgan fingerprint density at radius 3 is 2.24 bits per heavy atom.